The van der Waals surface area contributed by atoms with Crippen molar-refractivity contribution in [3.8, 4) is 0 Å². The zero-order chi connectivity index (χ0) is 16.4. The Kier molecular flexibility index (Phi) is 4.22. The molecule has 2 aromatic rings. The zero-order valence-corrected chi connectivity index (χ0v) is 11.9. The van der Waals surface area contributed by atoms with Crippen molar-refractivity contribution in [2.24, 2.45) is 0 Å². The lowest BCUT2D eigenvalue weighted by molar-refractivity contribution is -0.0249. The van der Waals surface area contributed by atoms with Gasteiger partial charge in [-0.05, 0) is 25.0 Å². The number of carbonyl (C=O) groups is 1. The highest BCUT2D eigenvalue weighted by molar-refractivity contribution is 6.01. The molecular weight excluding hydrogens is 309 g/mol. The maximum absolute atomic E-state index is 14.1. The van der Waals surface area contributed by atoms with E-state index < -0.39 is 29.5 Å². The summed E-state index contributed by atoms with van der Waals surface area (Å²) >= 11 is 0. The SMILES string of the molecule is O=C(Nc1nc(=O)n([C@H]2CC[C@@H](CO)O2)cc1F)c1ccco1. The maximum Gasteiger partial charge on any atom is 0.351 e. The second kappa shape index (κ2) is 6.31. The number of nitrogens with zero attached hydrogens (tertiary/aromatic N) is 2. The van der Waals surface area contributed by atoms with Crippen LogP contribution in [0.5, 0.6) is 0 Å². The largest absolute Gasteiger partial charge is 0.459 e. The lowest BCUT2D eigenvalue weighted by Gasteiger charge is -2.15. The van der Waals surface area contributed by atoms with Crippen LogP contribution in [0.25, 0.3) is 0 Å². The van der Waals surface area contributed by atoms with Gasteiger partial charge in [0.1, 0.15) is 6.23 Å². The number of amides is 1. The number of carbonyl (C=O) groups excluding carboxylic acids is 1. The third-order valence-corrected chi connectivity index (χ3v) is 3.48. The van der Waals surface area contributed by atoms with Crippen molar-refractivity contribution >= 4 is 11.7 Å². The summed E-state index contributed by atoms with van der Waals surface area (Å²) in [6.07, 6.45) is 2.18. The van der Waals surface area contributed by atoms with Gasteiger partial charge in [-0.1, -0.05) is 0 Å². The fraction of sp³-hybridized carbons (Fsp3) is 0.357. The van der Waals surface area contributed by atoms with E-state index in [1.165, 1.54) is 18.4 Å². The second-order valence-electron chi connectivity index (χ2n) is 5.03. The lowest BCUT2D eigenvalue weighted by Crippen LogP contribution is -2.29. The van der Waals surface area contributed by atoms with Gasteiger partial charge in [-0.15, -0.1) is 0 Å². The van der Waals surface area contributed by atoms with E-state index in [1.807, 2.05) is 0 Å². The van der Waals surface area contributed by atoms with E-state index in [0.717, 1.165) is 10.8 Å². The van der Waals surface area contributed by atoms with Crippen LogP contribution in [0.15, 0.2) is 33.8 Å². The molecule has 8 nitrogen and oxygen atoms in total. The standard InChI is InChI=1S/C14H14FN3O5/c15-9-6-18(11-4-3-8(7-19)23-11)14(21)17-12(9)16-13(20)10-2-1-5-22-10/h1-2,5-6,8,11,19H,3-4,7H2,(H,16,17,20,21)/t8-,11+/m0/s1. The van der Waals surface area contributed by atoms with Gasteiger partial charge in [0.2, 0.25) is 0 Å². The second-order valence-corrected chi connectivity index (χ2v) is 5.03. The average Bonchev–Trinajstić information content (AvgIpc) is 3.21. The van der Waals surface area contributed by atoms with Crippen LogP contribution in [0, 0.1) is 5.82 Å². The first kappa shape index (κ1) is 15.4. The van der Waals surface area contributed by atoms with E-state index in [4.69, 9.17) is 14.3 Å². The highest BCUT2D eigenvalue weighted by Gasteiger charge is 2.28. The summed E-state index contributed by atoms with van der Waals surface area (Å²) in [6, 6.07) is 2.90. The molecule has 0 radical (unpaired) electrons. The van der Waals surface area contributed by atoms with E-state index >= 15 is 0 Å². The molecule has 1 saturated heterocycles. The predicted molar refractivity (Wildman–Crippen MR) is 75.3 cm³/mol. The Bertz CT molecular complexity index is 758. The van der Waals surface area contributed by atoms with E-state index in [0.29, 0.717) is 12.8 Å². The number of rotatable bonds is 4. The minimum absolute atomic E-state index is 0.0275. The number of aromatic nitrogens is 2. The molecule has 23 heavy (non-hydrogen) atoms. The molecule has 0 aliphatic carbocycles. The number of aliphatic hydroxyl groups is 1. The highest BCUT2D eigenvalue weighted by atomic mass is 19.1. The van der Waals surface area contributed by atoms with Crippen molar-refractivity contribution in [1.29, 1.82) is 0 Å². The molecule has 9 heteroatoms. The normalized spacial score (nSPS) is 20.6. The van der Waals surface area contributed by atoms with Gasteiger partial charge < -0.3 is 19.6 Å². The number of furan rings is 1. The van der Waals surface area contributed by atoms with Crippen LogP contribution in [0.4, 0.5) is 10.2 Å². The first-order valence-electron chi connectivity index (χ1n) is 6.98. The summed E-state index contributed by atoms with van der Waals surface area (Å²) in [7, 11) is 0. The van der Waals surface area contributed by atoms with Crippen molar-refractivity contribution in [2.45, 2.75) is 25.2 Å². The van der Waals surface area contributed by atoms with Crippen LogP contribution in [0.2, 0.25) is 0 Å². The summed E-state index contributed by atoms with van der Waals surface area (Å²) in [5.74, 6) is -2.10. The molecule has 1 aliphatic heterocycles. The summed E-state index contributed by atoms with van der Waals surface area (Å²) < 4.78 is 25.4. The third kappa shape index (κ3) is 3.15. The molecule has 2 aromatic heterocycles. The fourth-order valence-electron chi connectivity index (χ4n) is 2.34. The number of hydrogen-bond donors (Lipinski definition) is 2. The van der Waals surface area contributed by atoms with Crippen molar-refractivity contribution in [3.05, 3.63) is 46.7 Å². The number of aliphatic hydroxyl groups excluding tert-OH is 1. The van der Waals surface area contributed by atoms with Crippen LogP contribution in [-0.4, -0.2) is 33.3 Å². The minimum Gasteiger partial charge on any atom is -0.459 e. The van der Waals surface area contributed by atoms with Crippen molar-refractivity contribution in [1.82, 2.24) is 9.55 Å². The van der Waals surface area contributed by atoms with Crippen LogP contribution in [0.3, 0.4) is 0 Å². The molecule has 122 valence electrons. The maximum atomic E-state index is 14.1. The van der Waals surface area contributed by atoms with Gasteiger partial charge in [0, 0.05) is 0 Å². The Morgan fingerprint density at radius 1 is 1.52 bits per heavy atom. The first-order valence-corrected chi connectivity index (χ1v) is 6.98. The summed E-state index contributed by atoms with van der Waals surface area (Å²) in [5.41, 5.74) is -0.760. The van der Waals surface area contributed by atoms with Gasteiger partial charge in [-0.2, -0.15) is 4.98 Å². The molecular formula is C14H14FN3O5. The molecule has 0 unspecified atom stereocenters. The molecule has 0 bridgehead atoms. The molecule has 2 N–H and O–H groups in total. The Labute approximate surface area is 129 Å². The van der Waals surface area contributed by atoms with E-state index in [-0.39, 0.29) is 18.5 Å². The van der Waals surface area contributed by atoms with Crippen LogP contribution >= 0.6 is 0 Å². The Morgan fingerprint density at radius 2 is 2.35 bits per heavy atom. The molecule has 1 aliphatic rings. The van der Waals surface area contributed by atoms with E-state index in [2.05, 4.69) is 10.3 Å². The molecule has 3 heterocycles. The Hall–Kier alpha value is -2.52. The highest BCUT2D eigenvalue weighted by Crippen LogP contribution is 2.27. The van der Waals surface area contributed by atoms with Gasteiger partial charge in [0.05, 0.1) is 25.2 Å². The summed E-state index contributed by atoms with van der Waals surface area (Å²) in [4.78, 5) is 27.3. The Morgan fingerprint density at radius 3 is 3.00 bits per heavy atom. The number of anilines is 1. The number of hydrogen-bond acceptors (Lipinski definition) is 6. The minimum atomic E-state index is -0.874. The first-order chi connectivity index (χ1) is 11.1. The van der Waals surface area contributed by atoms with Crippen LogP contribution in [0.1, 0.15) is 29.6 Å². The predicted octanol–water partition coefficient (Wildman–Crippen LogP) is 0.898. The molecule has 1 fully saturated rings. The zero-order valence-electron chi connectivity index (χ0n) is 11.9. The fourth-order valence-corrected chi connectivity index (χ4v) is 2.34. The van der Waals surface area contributed by atoms with E-state index in [9.17, 15) is 14.0 Å². The molecule has 2 atom stereocenters. The van der Waals surface area contributed by atoms with Crippen molar-refractivity contribution in [2.75, 3.05) is 11.9 Å². The molecule has 0 aromatic carbocycles. The van der Waals surface area contributed by atoms with Crippen LogP contribution in [-0.2, 0) is 4.74 Å². The molecule has 0 spiro atoms. The quantitative estimate of drug-likeness (QED) is 0.866. The number of ether oxygens (including phenoxy) is 1. The van der Waals surface area contributed by atoms with Crippen LogP contribution < -0.4 is 11.0 Å². The van der Waals surface area contributed by atoms with Crippen molar-refractivity contribution < 1.29 is 23.4 Å². The average molecular weight is 323 g/mol. The number of nitrogens with one attached hydrogen (secondary N) is 1. The monoisotopic (exact) mass is 323 g/mol. The van der Waals surface area contributed by atoms with Gasteiger partial charge >= 0.3 is 5.69 Å². The van der Waals surface area contributed by atoms with Gasteiger partial charge in [0.15, 0.2) is 17.4 Å². The molecule has 3 rings (SSSR count). The van der Waals surface area contributed by atoms with Gasteiger partial charge in [-0.3, -0.25) is 9.36 Å². The topological polar surface area (TPSA) is 107 Å². The van der Waals surface area contributed by atoms with E-state index in [1.54, 1.807) is 0 Å². The van der Waals surface area contributed by atoms with Gasteiger partial charge in [0.25, 0.3) is 5.91 Å². The summed E-state index contributed by atoms with van der Waals surface area (Å²) in [5, 5.41) is 11.2. The third-order valence-electron chi connectivity index (χ3n) is 3.48. The van der Waals surface area contributed by atoms with Crippen molar-refractivity contribution in [3.63, 3.8) is 0 Å². The molecule has 1 amide bonds. The summed E-state index contributed by atoms with van der Waals surface area (Å²) in [6.45, 7) is -0.168. The van der Waals surface area contributed by atoms with Gasteiger partial charge in [-0.25, -0.2) is 9.18 Å². The molecule has 0 saturated carbocycles. The number of halogens is 1. The Balaban J connectivity index is 1.81. The lowest BCUT2D eigenvalue weighted by atomic mass is 10.2. The smallest absolute Gasteiger partial charge is 0.351 e.